The molecule has 2 aromatic rings. The van der Waals surface area contributed by atoms with Crippen LogP contribution in [0.4, 0.5) is 0 Å². The first-order chi connectivity index (χ1) is 6.72. The van der Waals surface area contributed by atoms with Crippen LogP contribution in [0.5, 0.6) is 0 Å². The highest BCUT2D eigenvalue weighted by Crippen LogP contribution is 2.04. The highest BCUT2D eigenvalue weighted by molar-refractivity contribution is 5.68. The predicted molar refractivity (Wildman–Crippen MR) is 49.8 cm³/mol. The molecule has 1 N–H and O–H groups in total. The van der Waals surface area contributed by atoms with Crippen molar-refractivity contribution in [3.63, 3.8) is 0 Å². The average Bonchev–Trinajstić information content (AvgIpc) is 2.45. The van der Waals surface area contributed by atoms with Crippen molar-refractivity contribution in [2.45, 2.75) is 6.61 Å². The smallest absolute Gasteiger partial charge is 0.327 e. The summed E-state index contributed by atoms with van der Waals surface area (Å²) in [7, 11) is 3.23. The van der Waals surface area contributed by atoms with E-state index in [0.29, 0.717) is 23.6 Å². The first kappa shape index (κ1) is 8.89. The minimum absolute atomic E-state index is 0.191. The maximum atomic E-state index is 11.2. The lowest BCUT2D eigenvalue weighted by Crippen LogP contribution is -2.12. The Balaban J connectivity index is 2.63. The van der Waals surface area contributed by atoms with Crippen LogP contribution in [0.15, 0.2) is 11.0 Å². The van der Waals surface area contributed by atoms with Gasteiger partial charge < -0.3 is 9.72 Å². The lowest BCUT2D eigenvalue weighted by Gasteiger charge is -1.97. The Hall–Kier alpha value is -1.69. The van der Waals surface area contributed by atoms with E-state index in [-0.39, 0.29) is 5.69 Å². The summed E-state index contributed by atoms with van der Waals surface area (Å²) in [6.07, 6.45) is 1.58. The van der Waals surface area contributed by atoms with Gasteiger partial charge in [0.25, 0.3) is 0 Å². The normalized spacial score (nSPS) is 11.0. The van der Waals surface area contributed by atoms with Gasteiger partial charge >= 0.3 is 5.69 Å². The largest absolute Gasteiger partial charge is 0.377 e. The molecule has 2 rings (SSSR count). The summed E-state index contributed by atoms with van der Waals surface area (Å²) in [5.41, 5.74) is 1.04. The van der Waals surface area contributed by atoms with Crippen LogP contribution in [0.1, 0.15) is 5.82 Å². The number of nitrogens with one attached hydrogen (secondary N) is 1. The average molecular weight is 194 g/mol. The Morgan fingerprint density at radius 1 is 1.64 bits per heavy atom. The molecule has 2 aromatic heterocycles. The zero-order valence-electron chi connectivity index (χ0n) is 7.94. The SMILES string of the molecule is COCc1ncc2[nH]c(=O)n(C)c2n1. The molecule has 0 aliphatic rings. The van der Waals surface area contributed by atoms with E-state index in [0.717, 1.165) is 0 Å². The third kappa shape index (κ3) is 1.29. The number of H-pyrrole nitrogens is 1. The van der Waals surface area contributed by atoms with Crippen molar-refractivity contribution in [2.75, 3.05) is 7.11 Å². The van der Waals surface area contributed by atoms with Gasteiger partial charge in [0.2, 0.25) is 0 Å². The number of hydrogen-bond donors (Lipinski definition) is 1. The van der Waals surface area contributed by atoms with Gasteiger partial charge in [-0.3, -0.25) is 4.57 Å². The van der Waals surface area contributed by atoms with Crippen LogP contribution < -0.4 is 5.69 Å². The quantitative estimate of drug-likeness (QED) is 0.718. The number of rotatable bonds is 2. The number of ether oxygens (including phenoxy) is 1. The number of methoxy groups -OCH3 is 1. The molecular formula is C8H10N4O2. The first-order valence-corrected chi connectivity index (χ1v) is 4.12. The Bertz CT molecular complexity index is 514. The van der Waals surface area contributed by atoms with Crippen LogP contribution >= 0.6 is 0 Å². The highest BCUT2D eigenvalue weighted by Gasteiger charge is 2.05. The second-order valence-corrected chi connectivity index (χ2v) is 2.95. The van der Waals surface area contributed by atoms with Crippen LogP contribution in [0.25, 0.3) is 11.2 Å². The number of aromatic nitrogens is 4. The summed E-state index contributed by atoms with van der Waals surface area (Å²) in [5.74, 6) is 0.564. The molecule has 0 amide bonds. The number of nitrogens with zero attached hydrogens (tertiary/aromatic N) is 3. The Labute approximate surface area is 79.6 Å². The zero-order chi connectivity index (χ0) is 10.1. The Morgan fingerprint density at radius 3 is 3.14 bits per heavy atom. The molecule has 0 saturated carbocycles. The molecule has 0 aliphatic carbocycles. The molecule has 0 aromatic carbocycles. The summed E-state index contributed by atoms with van der Waals surface area (Å²) in [6, 6.07) is 0. The van der Waals surface area contributed by atoms with E-state index in [9.17, 15) is 4.79 Å². The van der Waals surface area contributed by atoms with Gasteiger partial charge in [-0.1, -0.05) is 0 Å². The van der Waals surface area contributed by atoms with Gasteiger partial charge in [0.1, 0.15) is 12.1 Å². The van der Waals surface area contributed by atoms with E-state index >= 15 is 0 Å². The molecule has 0 fully saturated rings. The van der Waals surface area contributed by atoms with Crippen LogP contribution in [0, 0.1) is 0 Å². The van der Waals surface area contributed by atoms with E-state index in [4.69, 9.17) is 4.74 Å². The van der Waals surface area contributed by atoms with E-state index in [2.05, 4.69) is 15.0 Å². The van der Waals surface area contributed by atoms with Gasteiger partial charge in [0.05, 0.1) is 6.20 Å². The fourth-order valence-electron chi connectivity index (χ4n) is 1.25. The molecule has 0 unspecified atom stereocenters. The van der Waals surface area contributed by atoms with Gasteiger partial charge in [-0.05, 0) is 0 Å². The Kier molecular flexibility index (Phi) is 2.05. The fourth-order valence-corrected chi connectivity index (χ4v) is 1.25. The zero-order valence-corrected chi connectivity index (χ0v) is 7.94. The molecule has 0 radical (unpaired) electrons. The van der Waals surface area contributed by atoms with Gasteiger partial charge in [-0.2, -0.15) is 0 Å². The number of fused-ring (bicyclic) bond motifs is 1. The van der Waals surface area contributed by atoms with Crippen LogP contribution in [-0.2, 0) is 18.4 Å². The summed E-state index contributed by atoms with van der Waals surface area (Å²) in [4.78, 5) is 22.1. The molecule has 74 valence electrons. The number of hydrogen-bond acceptors (Lipinski definition) is 4. The van der Waals surface area contributed by atoms with E-state index in [1.807, 2.05) is 0 Å². The van der Waals surface area contributed by atoms with Crippen LogP contribution in [-0.4, -0.2) is 26.6 Å². The lowest BCUT2D eigenvalue weighted by atomic mass is 10.5. The molecule has 2 heterocycles. The van der Waals surface area contributed by atoms with Crippen molar-refractivity contribution in [2.24, 2.45) is 7.05 Å². The number of aromatic amines is 1. The van der Waals surface area contributed by atoms with Crippen LogP contribution in [0.3, 0.4) is 0 Å². The molecule has 0 bridgehead atoms. The van der Waals surface area contributed by atoms with Gasteiger partial charge in [-0.15, -0.1) is 0 Å². The molecule has 0 aliphatic heterocycles. The predicted octanol–water partition coefficient (Wildman–Crippen LogP) is -0.197. The summed E-state index contributed by atoms with van der Waals surface area (Å²) < 4.78 is 6.34. The topological polar surface area (TPSA) is 72.8 Å². The molecule has 6 nitrogen and oxygen atoms in total. The fraction of sp³-hybridized carbons (Fsp3) is 0.375. The van der Waals surface area contributed by atoms with Crippen molar-refractivity contribution < 1.29 is 4.74 Å². The molecular weight excluding hydrogens is 184 g/mol. The third-order valence-electron chi connectivity index (χ3n) is 1.96. The first-order valence-electron chi connectivity index (χ1n) is 4.12. The highest BCUT2D eigenvalue weighted by atomic mass is 16.5. The van der Waals surface area contributed by atoms with E-state index < -0.39 is 0 Å². The lowest BCUT2D eigenvalue weighted by molar-refractivity contribution is 0.178. The Morgan fingerprint density at radius 2 is 2.43 bits per heavy atom. The second kappa shape index (κ2) is 3.22. The minimum atomic E-state index is -0.191. The third-order valence-corrected chi connectivity index (χ3v) is 1.96. The maximum absolute atomic E-state index is 11.2. The number of imidazole rings is 1. The summed E-state index contributed by atoms with van der Waals surface area (Å²) in [5, 5.41) is 0. The van der Waals surface area contributed by atoms with Crippen molar-refractivity contribution >= 4 is 11.2 Å². The van der Waals surface area contributed by atoms with E-state index in [1.54, 1.807) is 20.4 Å². The van der Waals surface area contributed by atoms with Gasteiger partial charge in [0.15, 0.2) is 11.5 Å². The van der Waals surface area contributed by atoms with Crippen molar-refractivity contribution in [3.05, 3.63) is 22.5 Å². The summed E-state index contributed by atoms with van der Waals surface area (Å²) >= 11 is 0. The molecule has 6 heteroatoms. The maximum Gasteiger partial charge on any atom is 0.327 e. The minimum Gasteiger partial charge on any atom is -0.377 e. The van der Waals surface area contributed by atoms with Crippen molar-refractivity contribution in [1.82, 2.24) is 19.5 Å². The van der Waals surface area contributed by atoms with Crippen molar-refractivity contribution in [1.29, 1.82) is 0 Å². The summed E-state index contributed by atoms with van der Waals surface area (Å²) in [6.45, 7) is 0.343. The molecule has 0 spiro atoms. The standard InChI is InChI=1S/C8H10N4O2/c1-12-7-5(10-8(12)13)3-9-6(11-7)4-14-2/h3H,4H2,1-2H3,(H,10,13). The van der Waals surface area contributed by atoms with Gasteiger partial charge in [0, 0.05) is 14.2 Å². The number of aryl methyl sites for hydroxylation is 1. The molecule has 0 saturated heterocycles. The van der Waals surface area contributed by atoms with Crippen molar-refractivity contribution in [3.8, 4) is 0 Å². The van der Waals surface area contributed by atoms with Crippen LogP contribution in [0.2, 0.25) is 0 Å². The molecule has 14 heavy (non-hydrogen) atoms. The molecule has 0 atom stereocenters. The van der Waals surface area contributed by atoms with Gasteiger partial charge in [-0.25, -0.2) is 14.8 Å². The van der Waals surface area contributed by atoms with E-state index in [1.165, 1.54) is 4.57 Å². The second-order valence-electron chi connectivity index (χ2n) is 2.95. The monoisotopic (exact) mass is 194 g/mol.